The van der Waals surface area contributed by atoms with Gasteiger partial charge in [0.15, 0.2) is 0 Å². The Morgan fingerprint density at radius 2 is 1.75 bits per heavy atom. The number of aromatic nitrogens is 1. The average Bonchev–Trinajstić information content (AvgIpc) is 3.19. The van der Waals surface area contributed by atoms with Crippen LogP contribution in [0, 0.1) is 13.8 Å². The van der Waals surface area contributed by atoms with Crippen molar-refractivity contribution in [1.29, 1.82) is 0 Å². The molecule has 0 saturated carbocycles. The number of hydrogen-bond acceptors (Lipinski definition) is 4. The van der Waals surface area contributed by atoms with Crippen molar-refractivity contribution in [3.63, 3.8) is 0 Å². The summed E-state index contributed by atoms with van der Waals surface area (Å²) in [5.74, 6) is 0.172. The number of carbonyl (C=O) groups excluding carboxylic acids is 1. The Morgan fingerprint density at radius 1 is 1.00 bits per heavy atom. The van der Waals surface area contributed by atoms with Gasteiger partial charge in [-0.3, -0.25) is 4.79 Å². The largest absolute Gasteiger partial charge is 0.368 e. The maximum Gasteiger partial charge on any atom is 0.228 e. The Kier molecular flexibility index (Phi) is 5.44. The Labute approximate surface area is 170 Å². The van der Waals surface area contributed by atoms with Crippen molar-refractivity contribution in [2.75, 3.05) is 31.1 Å². The number of rotatable bonds is 4. The van der Waals surface area contributed by atoms with Crippen LogP contribution in [0.5, 0.6) is 0 Å². The number of aryl methyl sites for hydroxylation is 1. The number of hydrogen-bond donors (Lipinski definition) is 0. The summed E-state index contributed by atoms with van der Waals surface area (Å²) in [6.07, 6.45) is 0.382. The van der Waals surface area contributed by atoms with Crippen LogP contribution < -0.4 is 4.90 Å². The van der Waals surface area contributed by atoms with Crippen LogP contribution in [0.2, 0.25) is 0 Å². The standard InChI is InChI=1S/C23H25N3OS/c1-17-7-6-10-21(18(17)2)25-11-13-26(14-12-25)22(27)15-20-16-28-23(24-20)19-8-4-3-5-9-19/h3-10,16H,11-15H2,1-2H3. The fourth-order valence-corrected chi connectivity index (χ4v) is 4.47. The van der Waals surface area contributed by atoms with Crippen molar-refractivity contribution in [2.45, 2.75) is 20.3 Å². The molecular weight excluding hydrogens is 366 g/mol. The van der Waals surface area contributed by atoms with Crippen LogP contribution >= 0.6 is 11.3 Å². The van der Waals surface area contributed by atoms with Crippen LogP contribution in [0.1, 0.15) is 16.8 Å². The molecule has 1 aliphatic heterocycles. The molecule has 3 aromatic rings. The predicted octanol–water partition coefficient (Wildman–Crippen LogP) is 4.32. The van der Waals surface area contributed by atoms with Crippen molar-refractivity contribution in [2.24, 2.45) is 0 Å². The summed E-state index contributed by atoms with van der Waals surface area (Å²) < 4.78 is 0. The third-order valence-electron chi connectivity index (χ3n) is 5.45. The molecule has 28 heavy (non-hydrogen) atoms. The minimum atomic E-state index is 0.172. The normalized spacial score (nSPS) is 14.4. The van der Waals surface area contributed by atoms with Crippen molar-refractivity contribution in [3.05, 3.63) is 70.7 Å². The Hall–Kier alpha value is -2.66. The van der Waals surface area contributed by atoms with Gasteiger partial charge in [-0.1, -0.05) is 42.5 Å². The number of piperazine rings is 1. The summed E-state index contributed by atoms with van der Waals surface area (Å²) in [7, 11) is 0. The second-order valence-electron chi connectivity index (χ2n) is 7.27. The highest BCUT2D eigenvalue weighted by atomic mass is 32.1. The Balaban J connectivity index is 1.36. The second kappa shape index (κ2) is 8.15. The van der Waals surface area contributed by atoms with E-state index in [0.29, 0.717) is 6.42 Å². The van der Waals surface area contributed by atoms with E-state index in [9.17, 15) is 4.79 Å². The first kappa shape index (κ1) is 18.7. The SMILES string of the molecule is Cc1cccc(N2CCN(C(=O)Cc3csc(-c4ccccc4)n3)CC2)c1C. The molecule has 2 heterocycles. The highest BCUT2D eigenvalue weighted by molar-refractivity contribution is 7.13. The van der Waals surface area contributed by atoms with E-state index in [2.05, 4.69) is 54.1 Å². The molecular formula is C23H25N3OS. The Bertz CT molecular complexity index is 959. The van der Waals surface area contributed by atoms with Crippen LogP contribution in [0.3, 0.4) is 0 Å². The lowest BCUT2D eigenvalue weighted by atomic mass is 10.1. The molecule has 0 bridgehead atoms. The number of amides is 1. The lowest BCUT2D eigenvalue weighted by Crippen LogP contribution is -2.49. The van der Waals surface area contributed by atoms with Crippen LogP contribution in [0.15, 0.2) is 53.9 Å². The first-order chi connectivity index (χ1) is 13.6. The van der Waals surface area contributed by atoms with Gasteiger partial charge in [0.05, 0.1) is 12.1 Å². The number of anilines is 1. The smallest absolute Gasteiger partial charge is 0.228 e. The summed E-state index contributed by atoms with van der Waals surface area (Å²) in [6.45, 7) is 7.61. The molecule has 0 N–H and O–H groups in total. The van der Waals surface area contributed by atoms with E-state index in [1.165, 1.54) is 16.8 Å². The van der Waals surface area contributed by atoms with Gasteiger partial charge in [-0.25, -0.2) is 4.98 Å². The van der Waals surface area contributed by atoms with Gasteiger partial charge in [0.1, 0.15) is 5.01 Å². The Morgan fingerprint density at radius 3 is 2.50 bits per heavy atom. The van der Waals surface area contributed by atoms with Gasteiger partial charge in [-0.15, -0.1) is 11.3 Å². The van der Waals surface area contributed by atoms with Crippen molar-refractivity contribution >= 4 is 22.9 Å². The van der Waals surface area contributed by atoms with Gasteiger partial charge < -0.3 is 9.80 Å². The van der Waals surface area contributed by atoms with Gasteiger partial charge >= 0.3 is 0 Å². The maximum atomic E-state index is 12.7. The summed E-state index contributed by atoms with van der Waals surface area (Å²) in [6, 6.07) is 16.6. The second-order valence-corrected chi connectivity index (χ2v) is 8.13. The van der Waals surface area contributed by atoms with Crippen LogP contribution in [-0.4, -0.2) is 42.0 Å². The van der Waals surface area contributed by atoms with Crippen molar-refractivity contribution in [3.8, 4) is 10.6 Å². The number of thiazole rings is 1. The number of nitrogens with zero attached hydrogens (tertiary/aromatic N) is 3. The highest BCUT2D eigenvalue weighted by Crippen LogP contribution is 2.25. The zero-order valence-electron chi connectivity index (χ0n) is 16.4. The first-order valence-corrected chi connectivity index (χ1v) is 10.6. The molecule has 1 aliphatic rings. The van der Waals surface area contributed by atoms with E-state index >= 15 is 0 Å². The molecule has 0 radical (unpaired) electrons. The molecule has 1 saturated heterocycles. The number of benzene rings is 2. The van der Waals surface area contributed by atoms with E-state index < -0.39 is 0 Å². The first-order valence-electron chi connectivity index (χ1n) is 9.70. The molecule has 2 aromatic carbocycles. The summed E-state index contributed by atoms with van der Waals surface area (Å²) in [5.41, 5.74) is 5.91. The van der Waals surface area contributed by atoms with Gasteiger partial charge in [0.2, 0.25) is 5.91 Å². The molecule has 4 rings (SSSR count). The lowest BCUT2D eigenvalue weighted by molar-refractivity contribution is -0.130. The molecule has 1 aromatic heterocycles. The van der Waals surface area contributed by atoms with Gasteiger partial charge in [0, 0.05) is 42.8 Å². The summed E-state index contributed by atoms with van der Waals surface area (Å²) in [5, 5.41) is 2.98. The van der Waals surface area contributed by atoms with Crippen molar-refractivity contribution in [1.82, 2.24) is 9.88 Å². The minimum Gasteiger partial charge on any atom is -0.368 e. The lowest BCUT2D eigenvalue weighted by Gasteiger charge is -2.37. The van der Waals surface area contributed by atoms with Crippen LogP contribution in [-0.2, 0) is 11.2 Å². The molecule has 4 nitrogen and oxygen atoms in total. The fraction of sp³-hybridized carbons (Fsp3) is 0.304. The average molecular weight is 392 g/mol. The molecule has 0 aliphatic carbocycles. The molecule has 1 amide bonds. The van der Waals surface area contributed by atoms with Gasteiger partial charge in [0.25, 0.3) is 0 Å². The third kappa shape index (κ3) is 3.94. The summed E-state index contributed by atoms with van der Waals surface area (Å²) in [4.78, 5) is 21.8. The summed E-state index contributed by atoms with van der Waals surface area (Å²) >= 11 is 1.60. The van der Waals surface area contributed by atoms with Gasteiger partial charge in [-0.05, 0) is 31.0 Å². The van der Waals surface area contributed by atoms with Crippen molar-refractivity contribution < 1.29 is 4.79 Å². The third-order valence-corrected chi connectivity index (χ3v) is 6.39. The maximum absolute atomic E-state index is 12.7. The molecule has 1 fully saturated rings. The number of carbonyl (C=O) groups is 1. The topological polar surface area (TPSA) is 36.4 Å². The minimum absolute atomic E-state index is 0.172. The predicted molar refractivity (Wildman–Crippen MR) is 116 cm³/mol. The molecule has 0 spiro atoms. The molecule has 0 atom stereocenters. The van der Waals surface area contributed by atoms with E-state index in [4.69, 9.17) is 0 Å². The molecule has 0 unspecified atom stereocenters. The monoisotopic (exact) mass is 391 g/mol. The van der Waals surface area contributed by atoms with Crippen LogP contribution in [0.25, 0.3) is 10.6 Å². The highest BCUT2D eigenvalue weighted by Gasteiger charge is 2.23. The van der Waals surface area contributed by atoms with E-state index in [1.807, 2.05) is 28.5 Å². The quantitative estimate of drug-likeness (QED) is 0.665. The fourth-order valence-electron chi connectivity index (χ4n) is 3.64. The molecule has 5 heteroatoms. The van der Waals surface area contributed by atoms with E-state index in [0.717, 1.165) is 42.4 Å². The van der Waals surface area contributed by atoms with E-state index in [1.54, 1.807) is 11.3 Å². The molecule has 144 valence electrons. The zero-order chi connectivity index (χ0) is 19.5. The van der Waals surface area contributed by atoms with E-state index in [-0.39, 0.29) is 5.91 Å². The van der Waals surface area contributed by atoms with Gasteiger partial charge in [-0.2, -0.15) is 0 Å². The zero-order valence-corrected chi connectivity index (χ0v) is 17.2. The van der Waals surface area contributed by atoms with Crippen LogP contribution in [0.4, 0.5) is 5.69 Å².